The van der Waals surface area contributed by atoms with Crippen LogP contribution in [0.25, 0.3) is 0 Å². The van der Waals surface area contributed by atoms with Crippen LogP contribution in [-0.4, -0.2) is 37.9 Å². The van der Waals surface area contributed by atoms with Crippen LogP contribution in [0.2, 0.25) is 0 Å². The zero-order chi connectivity index (χ0) is 19.1. The Labute approximate surface area is 162 Å². The van der Waals surface area contributed by atoms with Gasteiger partial charge in [0, 0.05) is 30.1 Å². The molecule has 5 rings (SSSR count). The minimum absolute atomic E-state index is 0.00972. The van der Waals surface area contributed by atoms with Gasteiger partial charge in [0.1, 0.15) is 6.10 Å². The highest BCUT2D eigenvalue weighted by Gasteiger charge is 2.32. The minimum atomic E-state index is -0.349. The van der Waals surface area contributed by atoms with Gasteiger partial charge in [0.2, 0.25) is 6.79 Å². The van der Waals surface area contributed by atoms with Crippen LogP contribution >= 0.6 is 0 Å². The van der Waals surface area contributed by atoms with Gasteiger partial charge in [-0.05, 0) is 55.2 Å². The molecule has 3 aliphatic heterocycles. The molecule has 3 heterocycles. The normalized spacial score (nSPS) is 19.6. The second-order valence-electron chi connectivity index (χ2n) is 7.11. The maximum Gasteiger partial charge on any atom is 0.256 e. The van der Waals surface area contributed by atoms with Crippen LogP contribution in [0.3, 0.4) is 0 Å². The fourth-order valence-electron chi connectivity index (χ4n) is 3.87. The molecule has 1 N–H and O–H groups in total. The van der Waals surface area contributed by atoms with E-state index in [0.29, 0.717) is 35.9 Å². The number of amides is 2. The van der Waals surface area contributed by atoms with E-state index >= 15 is 0 Å². The van der Waals surface area contributed by atoms with Crippen molar-refractivity contribution in [2.45, 2.75) is 25.4 Å². The van der Waals surface area contributed by atoms with Gasteiger partial charge in [-0.2, -0.15) is 0 Å². The summed E-state index contributed by atoms with van der Waals surface area (Å²) in [6.07, 6.45) is 2.15. The summed E-state index contributed by atoms with van der Waals surface area (Å²) in [5.41, 5.74) is 3.09. The molecule has 7 nitrogen and oxygen atoms in total. The van der Waals surface area contributed by atoms with Crippen molar-refractivity contribution >= 4 is 23.2 Å². The summed E-state index contributed by atoms with van der Waals surface area (Å²) in [5, 5.41) is 2.90. The van der Waals surface area contributed by atoms with Gasteiger partial charge in [-0.15, -0.1) is 0 Å². The van der Waals surface area contributed by atoms with E-state index in [0.717, 1.165) is 30.5 Å². The highest BCUT2D eigenvalue weighted by Crippen LogP contribution is 2.34. The minimum Gasteiger partial charge on any atom is -0.454 e. The van der Waals surface area contributed by atoms with Crippen LogP contribution in [0, 0.1) is 0 Å². The molecule has 0 saturated carbocycles. The highest BCUT2D eigenvalue weighted by molar-refractivity contribution is 6.05. The topological polar surface area (TPSA) is 77.1 Å². The Kier molecular flexibility index (Phi) is 4.16. The summed E-state index contributed by atoms with van der Waals surface area (Å²) >= 11 is 0. The number of rotatable bonds is 3. The molecule has 7 heteroatoms. The number of nitrogens with zero attached hydrogens (tertiary/aromatic N) is 1. The van der Waals surface area contributed by atoms with Gasteiger partial charge in [-0.3, -0.25) is 9.59 Å². The molecule has 0 radical (unpaired) electrons. The number of anilines is 2. The van der Waals surface area contributed by atoms with Gasteiger partial charge in [-0.1, -0.05) is 6.07 Å². The average molecular weight is 380 g/mol. The molecule has 0 aromatic heterocycles. The third kappa shape index (κ3) is 2.97. The Morgan fingerprint density at radius 2 is 1.96 bits per heavy atom. The lowest BCUT2D eigenvalue weighted by Gasteiger charge is -2.21. The third-order valence-electron chi connectivity index (χ3n) is 5.34. The van der Waals surface area contributed by atoms with E-state index in [-0.39, 0.29) is 24.7 Å². The first kappa shape index (κ1) is 17.1. The lowest BCUT2D eigenvalue weighted by atomic mass is 10.1. The second-order valence-corrected chi connectivity index (χ2v) is 7.11. The highest BCUT2D eigenvalue weighted by atomic mass is 16.7. The maximum absolute atomic E-state index is 12.8. The molecule has 28 heavy (non-hydrogen) atoms. The van der Waals surface area contributed by atoms with Crippen LogP contribution in [-0.2, 0) is 16.0 Å². The summed E-state index contributed by atoms with van der Waals surface area (Å²) in [6, 6.07) is 10.8. The van der Waals surface area contributed by atoms with Crippen LogP contribution in [0.4, 0.5) is 11.4 Å². The van der Waals surface area contributed by atoms with Gasteiger partial charge >= 0.3 is 0 Å². The molecule has 1 atom stereocenters. The number of benzene rings is 2. The Morgan fingerprint density at radius 1 is 1.07 bits per heavy atom. The zero-order valence-electron chi connectivity index (χ0n) is 15.3. The van der Waals surface area contributed by atoms with E-state index in [4.69, 9.17) is 14.2 Å². The maximum atomic E-state index is 12.8. The molecule has 1 fully saturated rings. The average Bonchev–Trinajstić information content (AvgIpc) is 3.46. The molecule has 2 aromatic carbocycles. The van der Waals surface area contributed by atoms with Crippen LogP contribution in [0.15, 0.2) is 36.4 Å². The summed E-state index contributed by atoms with van der Waals surface area (Å²) in [5.74, 6) is 0.969. The molecule has 3 aliphatic rings. The van der Waals surface area contributed by atoms with E-state index in [1.165, 1.54) is 0 Å². The number of fused-ring (bicyclic) bond motifs is 2. The van der Waals surface area contributed by atoms with Crippen molar-refractivity contribution in [2.75, 3.05) is 30.2 Å². The van der Waals surface area contributed by atoms with E-state index in [9.17, 15) is 9.59 Å². The van der Waals surface area contributed by atoms with Crippen molar-refractivity contribution in [3.05, 3.63) is 47.5 Å². The lowest BCUT2D eigenvalue weighted by Crippen LogP contribution is -2.37. The first-order chi connectivity index (χ1) is 13.7. The number of hydrogen-bond donors (Lipinski definition) is 1. The number of carbonyl (C=O) groups is 2. The van der Waals surface area contributed by atoms with Gasteiger partial charge < -0.3 is 24.4 Å². The fraction of sp³-hybridized carbons (Fsp3) is 0.333. The van der Waals surface area contributed by atoms with Crippen molar-refractivity contribution in [1.29, 1.82) is 0 Å². The molecule has 1 saturated heterocycles. The van der Waals surface area contributed by atoms with E-state index in [1.807, 2.05) is 18.2 Å². The van der Waals surface area contributed by atoms with Gasteiger partial charge in [0.15, 0.2) is 11.5 Å². The standard InChI is InChI=1S/C21H20N2O5/c24-20(14-4-6-17-19(10-14)28-12-27-17)22-15-5-3-13-7-8-23(16(13)11-15)21(25)18-2-1-9-26-18/h3-6,10-11,18H,1-2,7-9,12H2,(H,22,24). The molecule has 0 aliphatic carbocycles. The summed E-state index contributed by atoms with van der Waals surface area (Å²) in [6.45, 7) is 1.45. The van der Waals surface area contributed by atoms with E-state index in [2.05, 4.69) is 5.32 Å². The van der Waals surface area contributed by atoms with Crippen LogP contribution in [0.5, 0.6) is 11.5 Å². The monoisotopic (exact) mass is 380 g/mol. The van der Waals surface area contributed by atoms with Crippen molar-refractivity contribution in [3.8, 4) is 11.5 Å². The Morgan fingerprint density at radius 3 is 2.82 bits per heavy atom. The number of hydrogen-bond acceptors (Lipinski definition) is 5. The predicted molar refractivity (Wildman–Crippen MR) is 102 cm³/mol. The quantitative estimate of drug-likeness (QED) is 0.886. The molecule has 0 spiro atoms. The number of carbonyl (C=O) groups excluding carboxylic acids is 2. The Balaban J connectivity index is 1.35. The summed E-state index contributed by atoms with van der Waals surface area (Å²) in [7, 11) is 0. The third-order valence-corrected chi connectivity index (χ3v) is 5.34. The van der Waals surface area contributed by atoms with Crippen molar-refractivity contribution in [3.63, 3.8) is 0 Å². The number of nitrogens with one attached hydrogen (secondary N) is 1. The fourth-order valence-corrected chi connectivity index (χ4v) is 3.87. The molecular weight excluding hydrogens is 360 g/mol. The first-order valence-electron chi connectivity index (χ1n) is 9.46. The number of ether oxygens (including phenoxy) is 3. The largest absolute Gasteiger partial charge is 0.454 e. The second kappa shape index (κ2) is 6.83. The molecule has 144 valence electrons. The molecule has 0 bridgehead atoms. The SMILES string of the molecule is O=C(Nc1ccc2c(c1)N(C(=O)C1CCCO1)CC2)c1ccc2c(c1)OCO2. The molecule has 2 amide bonds. The van der Waals surface area contributed by atoms with Gasteiger partial charge in [0.25, 0.3) is 11.8 Å². The van der Waals surface area contributed by atoms with E-state index < -0.39 is 0 Å². The van der Waals surface area contributed by atoms with Crippen molar-refractivity contribution in [2.24, 2.45) is 0 Å². The summed E-state index contributed by atoms with van der Waals surface area (Å²) in [4.78, 5) is 27.2. The molecular formula is C21H20N2O5. The smallest absolute Gasteiger partial charge is 0.256 e. The van der Waals surface area contributed by atoms with Gasteiger partial charge in [0.05, 0.1) is 0 Å². The Bertz CT molecular complexity index is 952. The first-order valence-corrected chi connectivity index (χ1v) is 9.46. The van der Waals surface area contributed by atoms with E-state index in [1.54, 1.807) is 23.1 Å². The van der Waals surface area contributed by atoms with Gasteiger partial charge in [-0.25, -0.2) is 0 Å². The zero-order valence-corrected chi connectivity index (χ0v) is 15.3. The molecule has 2 aromatic rings. The molecule has 1 unspecified atom stereocenters. The summed E-state index contributed by atoms with van der Waals surface area (Å²) < 4.78 is 16.2. The van der Waals surface area contributed by atoms with Crippen LogP contribution in [0.1, 0.15) is 28.8 Å². The van der Waals surface area contributed by atoms with Crippen LogP contribution < -0.4 is 19.7 Å². The van der Waals surface area contributed by atoms with Crippen molar-refractivity contribution in [1.82, 2.24) is 0 Å². The lowest BCUT2D eigenvalue weighted by molar-refractivity contribution is -0.127. The van der Waals surface area contributed by atoms with Crippen molar-refractivity contribution < 1.29 is 23.8 Å². The predicted octanol–water partition coefficient (Wildman–Crippen LogP) is 2.74. The Hall–Kier alpha value is -3.06.